The Morgan fingerprint density at radius 2 is 2.00 bits per heavy atom. The maximum Gasteiger partial charge on any atom is 0.294 e. The Morgan fingerprint density at radius 3 is 2.75 bits per heavy atom. The van der Waals surface area contributed by atoms with Gasteiger partial charge in [0, 0.05) is 6.04 Å². The molecule has 0 saturated heterocycles. The molecule has 0 aliphatic heterocycles. The summed E-state index contributed by atoms with van der Waals surface area (Å²) in [5.41, 5.74) is 0. The van der Waals surface area contributed by atoms with Crippen LogP contribution in [0.2, 0.25) is 0 Å². The van der Waals surface area contributed by atoms with Gasteiger partial charge in [-0.15, -0.1) is 5.10 Å². The van der Waals surface area contributed by atoms with Crippen molar-refractivity contribution in [3.63, 3.8) is 0 Å². The standard InChI is InChI=1S/C11H17N3OS/c1-2-4-9(3-1)15-11-14-13-10(16-11)7-12-8-5-6-8/h8-9,12H,1-7H2. The Kier molecular flexibility index (Phi) is 3.06. The molecule has 0 radical (unpaired) electrons. The van der Waals surface area contributed by atoms with Crippen LogP contribution in [-0.4, -0.2) is 22.3 Å². The van der Waals surface area contributed by atoms with Crippen LogP contribution in [0.25, 0.3) is 0 Å². The summed E-state index contributed by atoms with van der Waals surface area (Å²) in [6, 6.07) is 0.725. The fourth-order valence-corrected chi connectivity index (χ4v) is 2.73. The number of rotatable bonds is 5. The third-order valence-corrected chi connectivity index (χ3v) is 3.95. The average molecular weight is 239 g/mol. The second kappa shape index (κ2) is 4.67. The first-order chi connectivity index (χ1) is 7.90. The Balaban J connectivity index is 1.50. The topological polar surface area (TPSA) is 47.0 Å². The van der Waals surface area contributed by atoms with Crippen molar-refractivity contribution in [3.05, 3.63) is 5.01 Å². The van der Waals surface area contributed by atoms with E-state index in [0.29, 0.717) is 6.10 Å². The molecule has 0 aromatic carbocycles. The first kappa shape index (κ1) is 10.5. The average Bonchev–Trinajstić information content (AvgIpc) is 2.78. The third-order valence-electron chi connectivity index (χ3n) is 3.14. The van der Waals surface area contributed by atoms with E-state index in [4.69, 9.17) is 4.74 Å². The van der Waals surface area contributed by atoms with E-state index in [1.54, 1.807) is 11.3 Å². The van der Waals surface area contributed by atoms with Gasteiger partial charge in [0.15, 0.2) is 0 Å². The highest BCUT2D eigenvalue weighted by molar-refractivity contribution is 7.13. The van der Waals surface area contributed by atoms with Crippen molar-refractivity contribution < 1.29 is 4.74 Å². The lowest BCUT2D eigenvalue weighted by molar-refractivity contribution is 0.207. The number of aromatic nitrogens is 2. The molecule has 2 saturated carbocycles. The second-order valence-electron chi connectivity index (χ2n) is 4.64. The summed E-state index contributed by atoms with van der Waals surface area (Å²) in [4.78, 5) is 0. The van der Waals surface area contributed by atoms with Crippen LogP contribution < -0.4 is 10.1 Å². The Bertz CT molecular complexity index is 345. The first-order valence-corrected chi connectivity index (χ1v) is 6.94. The largest absolute Gasteiger partial charge is 0.466 e. The number of nitrogens with one attached hydrogen (secondary N) is 1. The van der Waals surface area contributed by atoms with Gasteiger partial charge in [-0.2, -0.15) is 0 Å². The van der Waals surface area contributed by atoms with E-state index in [1.807, 2.05) is 0 Å². The monoisotopic (exact) mass is 239 g/mol. The molecule has 0 bridgehead atoms. The minimum absolute atomic E-state index is 0.386. The van der Waals surface area contributed by atoms with Gasteiger partial charge in [-0.1, -0.05) is 16.4 Å². The van der Waals surface area contributed by atoms with E-state index < -0.39 is 0 Å². The summed E-state index contributed by atoms with van der Waals surface area (Å²) < 4.78 is 5.80. The number of hydrogen-bond donors (Lipinski definition) is 1. The van der Waals surface area contributed by atoms with Crippen LogP contribution in [0.4, 0.5) is 0 Å². The van der Waals surface area contributed by atoms with E-state index in [2.05, 4.69) is 15.5 Å². The molecular weight excluding hydrogens is 222 g/mol. The molecule has 1 N–H and O–H groups in total. The second-order valence-corrected chi connectivity index (χ2v) is 5.67. The van der Waals surface area contributed by atoms with Gasteiger partial charge in [-0.3, -0.25) is 0 Å². The van der Waals surface area contributed by atoms with Gasteiger partial charge < -0.3 is 10.1 Å². The van der Waals surface area contributed by atoms with Gasteiger partial charge in [0.25, 0.3) is 5.19 Å². The van der Waals surface area contributed by atoms with E-state index >= 15 is 0 Å². The molecule has 0 spiro atoms. The smallest absolute Gasteiger partial charge is 0.294 e. The lowest BCUT2D eigenvalue weighted by Crippen LogP contribution is -2.14. The predicted octanol–water partition coefficient (Wildman–Crippen LogP) is 2.11. The van der Waals surface area contributed by atoms with Crippen LogP contribution in [0, 0.1) is 0 Å². The van der Waals surface area contributed by atoms with Gasteiger partial charge in [0.05, 0.1) is 6.54 Å². The molecule has 0 unspecified atom stereocenters. The molecule has 1 aromatic heterocycles. The fourth-order valence-electron chi connectivity index (χ4n) is 2.03. The zero-order chi connectivity index (χ0) is 10.8. The minimum atomic E-state index is 0.386. The van der Waals surface area contributed by atoms with Crippen molar-refractivity contribution in [3.8, 4) is 5.19 Å². The van der Waals surface area contributed by atoms with Crippen molar-refractivity contribution >= 4 is 11.3 Å². The molecule has 3 rings (SSSR count). The van der Waals surface area contributed by atoms with Crippen LogP contribution in [-0.2, 0) is 6.54 Å². The molecule has 1 aromatic rings. The summed E-state index contributed by atoms with van der Waals surface area (Å²) in [6.45, 7) is 0.844. The minimum Gasteiger partial charge on any atom is -0.466 e. The quantitative estimate of drug-likeness (QED) is 0.855. The van der Waals surface area contributed by atoms with Gasteiger partial charge in [-0.25, -0.2) is 0 Å². The van der Waals surface area contributed by atoms with Gasteiger partial charge in [0.1, 0.15) is 11.1 Å². The normalized spacial score (nSPS) is 21.5. The zero-order valence-electron chi connectivity index (χ0n) is 9.32. The maximum atomic E-state index is 5.80. The van der Waals surface area contributed by atoms with Crippen molar-refractivity contribution in [1.82, 2.24) is 15.5 Å². The van der Waals surface area contributed by atoms with Gasteiger partial charge >= 0.3 is 0 Å². The van der Waals surface area contributed by atoms with Gasteiger partial charge in [-0.05, 0) is 38.5 Å². The highest BCUT2D eigenvalue weighted by Crippen LogP contribution is 2.26. The summed E-state index contributed by atoms with van der Waals surface area (Å²) in [6.07, 6.45) is 7.94. The van der Waals surface area contributed by atoms with E-state index in [0.717, 1.165) is 22.8 Å². The van der Waals surface area contributed by atoms with Crippen LogP contribution in [0.15, 0.2) is 0 Å². The number of hydrogen-bond acceptors (Lipinski definition) is 5. The predicted molar refractivity (Wildman–Crippen MR) is 62.7 cm³/mol. The third kappa shape index (κ3) is 2.71. The summed E-state index contributed by atoms with van der Waals surface area (Å²) in [5, 5.41) is 13.4. The van der Waals surface area contributed by atoms with Crippen molar-refractivity contribution in [2.45, 2.75) is 57.2 Å². The number of ether oxygens (including phenoxy) is 1. The van der Waals surface area contributed by atoms with Gasteiger partial charge in [0.2, 0.25) is 0 Å². The summed E-state index contributed by atoms with van der Waals surface area (Å²) in [5.74, 6) is 0. The molecule has 0 amide bonds. The summed E-state index contributed by atoms with van der Waals surface area (Å²) in [7, 11) is 0. The van der Waals surface area contributed by atoms with E-state index in [-0.39, 0.29) is 0 Å². The molecular formula is C11H17N3OS. The van der Waals surface area contributed by atoms with Crippen molar-refractivity contribution in [1.29, 1.82) is 0 Å². The van der Waals surface area contributed by atoms with Crippen LogP contribution in [0.1, 0.15) is 43.5 Å². The van der Waals surface area contributed by atoms with Crippen molar-refractivity contribution in [2.24, 2.45) is 0 Å². The SMILES string of the molecule is C1CCC(Oc2nnc(CNC3CC3)s2)C1. The Labute approximate surface area is 99.4 Å². The van der Waals surface area contributed by atoms with Crippen LogP contribution in [0.5, 0.6) is 5.19 Å². The molecule has 4 nitrogen and oxygen atoms in total. The molecule has 16 heavy (non-hydrogen) atoms. The summed E-state index contributed by atoms with van der Waals surface area (Å²) >= 11 is 1.58. The van der Waals surface area contributed by atoms with Crippen molar-refractivity contribution in [2.75, 3.05) is 0 Å². The van der Waals surface area contributed by atoms with E-state index in [9.17, 15) is 0 Å². The molecule has 2 fully saturated rings. The Morgan fingerprint density at radius 1 is 1.19 bits per heavy atom. The molecule has 0 atom stereocenters. The highest BCUT2D eigenvalue weighted by Gasteiger charge is 2.21. The number of nitrogens with zero attached hydrogens (tertiary/aromatic N) is 2. The molecule has 5 heteroatoms. The molecule has 2 aliphatic rings. The molecule has 2 aliphatic carbocycles. The van der Waals surface area contributed by atoms with E-state index in [1.165, 1.54) is 38.5 Å². The highest BCUT2D eigenvalue weighted by atomic mass is 32.1. The first-order valence-electron chi connectivity index (χ1n) is 6.12. The lowest BCUT2D eigenvalue weighted by atomic mass is 10.3. The van der Waals surface area contributed by atoms with Crippen LogP contribution in [0.3, 0.4) is 0 Å². The lowest BCUT2D eigenvalue weighted by Gasteiger charge is -2.07. The molecule has 1 heterocycles. The maximum absolute atomic E-state index is 5.80. The fraction of sp³-hybridized carbons (Fsp3) is 0.818. The Hall–Kier alpha value is -0.680. The molecule has 88 valence electrons. The zero-order valence-corrected chi connectivity index (χ0v) is 10.1. The van der Waals surface area contributed by atoms with Crippen LogP contribution >= 0.6 is 11.3 Å².